The van der Waals surface area contributed by atoms with Gasteiger partial charge in [-0.2, -0.15) is 0 Å². The standard InChI is InChI=1S/C20H24N6O2/c27-19(22-17-9-4-10-18(12-17)26-14-21-23-24-26)16-8-5-11-25(13-16)20(28)15-6-2-1-3-7-15/h4,6,9-10,12,14,16H,1-3,5,7-8,11,13H2,(H,22,27). The van der Waals surface area contributed by atoms with Gasteiger partial charge >= 0.3 is 0 Å². The van der Waals surface area contributed by atoms with Gasteiger partial charge in [-0.15, -0.1) is 5.10 Å². The summed E-state index contributed by atoms with van der Waals surface area (Å²) in [6.07, 6.45) is 9.29. The molecule has 1 fully saturated rings. The monoisotopic (exact) mass is 380 g/mol. The van der Waals surface area contributed by atoms with Gasteiger partial charge in [-0.05, 0) is 67.2 Å². The Hall–Kier alpha value is -3.03. The van der Waals surface area contributed by atoms with E-state index in [1.54, 1.807) is 0 Å². The van der Waals surface area contributed by atoms with E-state index < -0.39 is 0 Å². The molecule has 8 nitrogen and oxygen atoms in total. The highest BCUT2D eigenvalue weighted by molar-refractivity contribution is 5.96. The lowest BCUT2D eigenvalue weighted by Gasteiger charge is -2.33. The van der Waals surface area contributed by atoms with Crippen LogP contribution in [0, 0.1) is 5.92 Å². The Morgan fingerprint density at radius 3 is 2.89 bits per heavy atom. The first-order valence-electron chi connectivity index (χ1n) is 9.83. The molecule has 1 aliphatic carbocycles. The molecule has 0 spiro atoms. The number of nitrogens with zero attached hydrogens (tertiary/aromatic N) is 5. The number of piperidine rings is 1. The Balaban J connectivity index is 1.40. The number of hydrogen-bond acceptors (Lipinski definition) is 5. The van der Waals surface area contributed by atoms with Crippen LogP contribution in [0.2, 0.25) is 0 Å². The number of allylic oxidation sites excluding steroid dienone is 1. The van der Waals surface area contributed by atoms with Gasteiger partial charge in [0.25, 0.3) is 0 Å². The largest absolute Gasteiger partial charge is 0.338 e. The van der Waals surface area contributed by atoms with E-state index in [1.165, 1.54) is 11.0 Å². The van der Waals surface area contributed by atoms with E-state index in [1.807, 2.05) is 29.2 Å². The molecule has 28 heavy (non-hydrogen) atoms. The smallest absolute Gasteiger partial charge is 0.249 e. The second kappa shape index (κ2) is 8.33. The van der Waals surface area contributed by atoms with Gasteiger partial charge < -0.3 is 10.2 Å². The van der Waals surface area contributed by atoms with Gasteiger partial charge in [0.05, 0.1) is 11.6 Å². The first kappa shape index (κ1) is 18.3. The molecule has 1 saturated heterocycles. The SMILES string of the molecule is O=C(Nc1cccc(-n2cnnn2)c1)C1CCCN(C(=O)C2=CCCCC2)C1. The molecule has 0 radical (unpaired) electrons. The first-order valence-corrected chi connectivity index (χ1v) is 9.83. The maximum absolute atomic E-state index is 12.8. The van der Waals surface area contributed by atoms with Gasteiger partial charge in [0, 0.05) is 24.4 Å². The highest BCUT2D eigenvalue weighted by Gasteiger charge is 2.30. The van der Waals surface area contributed by atoms with Crippen LogP contribution in [0.4, 0.5) is 5.69 Å². The summed E-state index contributed by atoms with van der Waals surface area (Å²) in [5, 5.41) is 14.1. The molecule has 1 aromatic carbocycles. The van der Waals surface area contributed by atoms with Crippen molar-refractivity contribution in [3.8, 4) is 5.69 Å². The highest BCUT2D eigenvalue weighted by atomic mass is 16.2. The molecule has 8 heteroatoms. The molecule has 1 aromatic heterocycles. The van der Waals surface area contributed by atoms with Crippen LogP contribution in [0.3, 0.4) is 0 Å². The Morgan fingerprint density at radius 2 is 2.11 bits per heavy atom. The average Bonchev–Trinajstić information content (AvgIpc) is 3.29. The summed E-state index contributed by atoms with van der Waals surface area (Å²) >= 11 is 0. The number of carbonyl (C=O) groups excluding carboxylic acids is 2. The Kier molecular flexibility index (Phi) is 5.45. The average molecular weight is 380 g/mol. The lowest BCUT2D eigenvalue weighted by molar-refractivity contribution is -0.131. The predicted octanol–water partition coefficient (Wildman–Crippen LogP) is 2.34. The molecule has 146 valence electrons. The van der Waals surface area contributed by atoms with Crippen molar-refractivity contribution < 1.29 is 9.59 Å². The van der Waals surface area contributed by atoms with E-state index in [9.17, 15) is 9.59 Å². The van der Waals surface area contributed by atoms with Crippen LogP contribution in [0.25, 0.3) is 5.69 Å². The summed E-state index contributed by atoms with van der Waals surface area (Å²) in [6.45, 7) is 1.21. The van der Waals surface area contributed by atoms with E-state index in [-0.39, 0.29) is 17.7 Å². The summed E-state index contributed by atoms with van der Waals surface area (Å²) in [7, 11) is 0. The molecule has 0 saturated carbocycles. The third-order valence-corrected chi connectivity index (χ3v) is 5.37. The second-order valence-electron chi connectivity index (χ2n) is 7.36. The summed E-state index contributed by atoms with van der Waals surface area (Å²) < 4.78 is 1.54. The molecule has 2 aliphatic rings. The van der Waals surface area contributed by atoms with E-state index in [0.29, 0.717) is 12.2 Å². The summed E-state index contributed by atoms with van der Waals surface area (Å²) in [4.78, 5) is 27.4. The molecular weight excluding hydrogens is 356 g/mol. The fourth-order valence-electron chi connectivity index (χ4n) is 3.86. The number of nitrogens with one attached hydrogen (secondary N) is 1. The molecule has 2 heterocycles. The number of benzene rings is 1. The zero-order valence-corrected chi connectivity index (χ0v) is 15.8. The number of carbonyl (C=O) groups is 2. The molecule has 1 unspecified atom stereocenters. The Bertz CT molecular complexity index is 877. The van der Waals surface area contributed by atoms with E-state index in [0.717, 1.165) is 56.3 Å². The van der Waals surface area contributed by atoms with Crippen molar-refractivity contribution in [3.63, 3.8) is 0 Å². The lowest BCUT2D eigenvalue weighted by Crippen LogP contribution is -2.44. The van der Waals surface area contributed by atoms with Gasteiger partial charge in [0.2, 0.25) is 11.8 Å². The minimum absolute atomic E-state index is 0.0519. The van der Waals surface area contributed by atoms with Gasteiger partial charge in [0.15, 0.2) is 0 Å². The molecule has 2 aromatic rings. The van der Waals surface area contributed by atoms with Gasteiger partial charge in [-0.25, -0.2) is 4.68 Å². The fraction of sp³-hybridized carbons (Fsp3) is 0.450. The molecule has 1 aliphatic heterocycles. The van der Waals surface area contributed by atoms with Crippen molar-refractivity contribution in [2.45, 2.75) is 38.5 Å². The van der Waals surface area contributed by atoms with Crippen molar-refractivity contribution in [1.29, 1.82) is 0 Å². The van der Waals surface area contributed by atoms with Gasteiger partial charge in [0.1, 0.15) is 6.33 Å². The maximum atomic E-state index is 12.8. The van der Waals surface area contributed by atoms with Crippen molar-refractivity contribution in [1.82, 2.24) is 25.1 Å². The number of rotatable bonds is 4. The van der Waals surface area contributed by atoms with Crippen molar-refractivity contribution in [2.75, 3.05) is 18.4 Å². The summed E-state index contributed by atoms with van der Waals surface area (Å²) in [5.41, 5.74) is 2.38. The quantitative estimate of drug-likeness (QED) is 0.879. The normalized spacial score (nSPS) is 19.8. The van der Waals surface area contributed by atoms with Crippen LogP contribution in [-0.4, -0.2) is 50.0 Å². The minimum Gasteiger partial charge on any atom is -0.338 e. The number of tetrazole rings is 1. The Labute approximate surface area is 163 Å². The number of likely N-dealkylation sites (tertiary alicyclic amines) is 1. The Morgan fingerprint density at radius 1 is 1.18 bits per heavy atom. The maximum Gasteiger partial charge on any atom is 0.249 e. The van der Waals surface area contributed by atoms with Crippen LogP contribution in [0.15, 0.2) is 42.2 Å². The minimum atomic E-state index is -0.196. The van der Waals surface area contributed by atoms with Gasteiger partial charge in [-0.1, -0.05) is 12.1 Å². The van der Waals surface area contributed by atoms with Crippen LogP contribution in [0.1, 0.15) is 38.5 Å². The molecule has 1 N–H and O–H groups in total. The van der Waals surface area contributed by atoms with Crippen LogP contribution in [-0.2, 0) is 9.59 Å². The number of aromatic nitrogens is 4. The number of hydrogen-bond donors (Lipinski definition) is 1. The molecule has 1 atom stereocenters. The fourth-order valence-corrected chi connectivity index (χ4v) is 3.86. The van der Waals surface area contributed by atoms with Crippen molar-refractivity contribution in [2.24, 2.45) is 5.92 Å². The highest BCUT2D eigenvalue weighted by Crippen LogP contribution is 2.24. The van der Waals surface area contributed by atoms with E-state index >= 15 is 0 Å². The zero-order chi connectivity index (χ0) is 19.3. The lowest BCUT2D eigenvalue weighted by atomic mass is 9.94. The number of amides is 2. The number of anilines is 1. The first-order chi connectivity index (χ1) is 13.7. The third-order valence-electron chi connectivity index (χ3n) is 5.37. The van der Waals surface area contributed by atoms with Crippen LogP contribution in [0.5, 0.6) is 0 Å². The second-order valence-corrected chi connectivity index (χ2v) is 7.36. The van der Waals surface area contributed by atoms with E-state index in [4.69, 9.17) is 0 Å². The third kappa shape index (κ3) is 4.11. The molecule has 2 amide bonds. The van der Waals surface area contributed by atoms with Crippen LogP contribution >= 0.6 is 0 Å². The van der Waals surface area contributed by atoms with Crippen molar-refractivity contribution >= 4 is 17.5 Å². The van der Waals surface area contributed by atoms with Crippen LogP contribution < -0.4 is 5.32 Å². The topological polar surface area (TPSA) is 93.0 Å². The molecule has 4 rings (SSSR count). The molecular formula is C20H24N6O2. The summed E-state index contributed by atoms with van der Waals surface area (Å²) in [6, 6.07) is 7.38. The predicted molar refractivity (Wildman–Crippen MR) is 104 cm³/mol. The van der Waals surface area contributed by atoms with E-state index in [2.05, 4.69) is 26.9 Å². The zero-order valence-electron chi connectivity index (χ0n) is 15.8. The molecule has 0 bridgehead atoms. The summed E-state index contributed by atoms with van der Waals surface area (Å²) in [5.74, 6) is -0.138. The van der Waals surface area contributed by atoms with Gasteiger partial charge in [-0.3, -0.25) is 9.59 Å². The van der Waals surface area contributed by atoms with Crippen molar-refractivity contribution in [3.05, 3.63) is 42.2 Å².